The molecule has 46 heavy (non-hydrogen) atoms. The summed E-state index contributed by atoms with van der Waals surface area (Å²) in [6, 6.07) is 21.4. The van der Waals surface area contributed by atoms with Crippen molar-refractivity contribution >= 4 is 39.4 Å². The number of para-hydroxylation sites is 1. The Morgan fingerprint density at radius 2 is 1.57 bits per heavy atom. The van der Waals surface area contributed by atoms with Gasteiger partial charge in [0.15, 0.2) is 17.6 Å². The van der Waals surface area contributed by atoms with Crippen molar-refractivity contribution in [2.24, 2.45) is 0 Å². The minimum atomic E-state index is -3.92. The number of ether oxygens (including phenoxy) is 4. The molecule has 3 aromatic rings. The number of esters is 1. The smallest absolute Gasteiger partial charge is 0.303 e. The number of quaternary nitrogens is 1. The lowest BCUT2D eigenvalue weighted by atomic mass is 10.1. The van der Waals surface area contributed by atoms with Crippen LogP contribution in [0.5, 0.6) is 17.2 Å². The molecule has 1 amide bonds. The fourth-order valence-electron chi connectivity index (χ4n) is 4.89. The van der Waals surface area contributed by atoms with E-state index in [4.69, 9.17) is 31.9 Å². The highest BCUT2D eigenvalue weighted by Gasteiger charge is 2.41. The first-order valence-electron chi connectivity index (χ1n) is 14.5. The number of carbonyl (C=O) groups excluding carboxylic acids is 2. The number of methoxy groups -OCH3 is 3. The van der Waals surface area contributed by atoms with Crippen LogP contribution in [0.2, 0.25) is 0 Å². The number of hydrogen-bond donors (Lipinski definition) is 0. The van der Waals surface area contributed by atoms with Gasteiger partial charge in [-0.05, 0) is 47.5 Å². The van der Waals surface area contributed by atoms with Gasteiger partial charge in [0.2, 0.25) is 0 Å². The minimum Gasteiger partial charge on any atom is -0.748 e. The molecule has 0 aliphatic carbocycles. The molecule has 1 aliphatic heterocycles. The van der Waals surface area contributed by atoms with Crippen molar-refractivity contribution in [1.82, 2.24) is 0 Å². The van der Waals surface area contributed by atoms with Crippen LogP contribution in [0.3, 0.4) is 0 Å². The highest BCUT2D eigenvalue weighted by atomic mass is 32.2. The fourth-order valence-corrected chi connectivity index (χ4v) is 6.21. The third kappa shape index (κ3) is 10.6. The van der Waals surface area contributed by atoms with Gasteiger partial charge in [-0.15, -0.1) is 11.8 Å². The lowest BCUT2D eigenvalue weighted by molar-refractivity contribution is -0.888. The van der Waals surface area contributed by atoms with Gasteiger partial charge in [-0.2, -0.15) is 0 Å². The largest absolute Gasteiger partial charge is 0.748 e. The van der Waals surface area contributed by atoms with E-state index < -0.39 is 27.4 Å². The molecule has 250 valence electrons. The van der Waals surface area contributed by atoms with Crippen LogP contribution in [-0.2, 0) is 30.9 Å². The second kappa shape index (κ2) is 16.2. The van der Waals surface area contributed by atoms with Crippen LogP contribution in [0.1, 0.15) is 23.3 Å². The van der Waals surface area contributed by atoms with Crippen molar-refractivity contribution in [1.29, 1.82) is 0 Å². The average molecular weight is 675 g/mol. The number of benzene rings is 3. The molecule has 1 heterocycles. The molecule has 0 fully saturated rings. The Labute approximate surface area is 275 Å². The van der Waals surface area contributed by atoms with Gasteiger partial charge in [0.05, 0.1) is 76.1 Å². The van der Waals surface area contributed by atoms with Crippen molar-refractivity contribution in [2.45, 2.75) is 29.6 Å². The molecule has 0 N–H and O–H groups in total. The molecule has 0 radical (unpaired) electrons. The van der Waals surface area contributed by atoms with E-state index in [9.17, 15) is 9.59 Å². The Kier molecular flexibility index (Phi) is 12.9. The summed E-state index contributed by atoms with van der Waals surface area (Å²) in [5.74, 6) is 1.43. The molecule has 0 spiro atoms. The quantitative estimate of drug-likeness (QED) is 0.165. The van der Waals surface area contributed by atoms with Crippen LogP contribution >= 0.6 is 11.8 Å². The summed E-state index contributed by atoms with van der Waals surface area (Å²) in [7, 11) is 5.28. The van der Waals surface area contributed by atoms with E-state index >= 15 is 0 Å². The van der Waals surface area contributed by atoms with Crippen LogP contribution < -0.4 is 19.1 Å². The monoisotopic (exact) mass is 674 g/mol. The van der Waals surface area contributed by atoms with E-state index in [1.165, 1.54) is 6.92 Å². The Morgan fingerprint density at radius 3 is 2.15 bits per heavy atom. The molecule has 0 saturated heterocycles. The Balaban J connectivity index is 0.00000107. The first-order valence-corrected chi connectivity index (χ1v) is 17.2. The predicted molar refractivity (Wildman–Crippen MR) is 177 cm³/mol. The summed E-state index contributed by atoms with van der Waals surface area (Å²) in [5, 5.41) is -0.406. The van der Waals surface area contributed by atoms with E-state index in [0.717, 1.165) is 40.4 Å². The first kappa shape index (κ1) is 36.7. The summed E-state index contributed by atoms with van der Waals surface area (Å²) >= 11 is 1.54. The molecule has 4 rings (SSSR count). The molecule has 0 bridgehead atoms. The van der Waals surface area contributed by atoms with Crippen molar-refractivity contribution in [3.8, 4) is 17.2 Å². The minimum absolute atomic E-state index is 0.224. The van der Waals surface area contributed by atoms with E-state index in [1.54, 1.807) is 38.0 Å². The normalized spacial score (nSPS) is 16.3. The third-order valence-corrected chi connectivity index (χ3v) is 8.69. The predicted octanol–water partition coefficient (Wildman–Crippen LogP) is 4.30. The first-order chi connectivity index (χ1) is 21.7. The highest BCUT2D eigenvalue weighted by molar-refractivity contribution is 7.99. The maximum Gasteiger partial charge on any atom is 0.303 e. The van der Waals surface area contributed by atoms with Crippen molar-refractivity contribution in [3.05, 3.63) is 77.9 Å². The Bertz CT molecular complexity index is 1590. The molecular formula is C33H42N2O9S2. The molecule has 0 saturated carbocycles. The standard InChI is InChI=1S/C32H39N2O6S.CH4O3S/c1-22(35)40-30-31(24-12-14-25(37-4)15-13-24)41-29-10-8-7-9-26(29)33(32(30)36)18-20-34(2,3)19-17-23-11-16-27(38-5)28(21-23)39-6;1-5(2,3)4/h7-16,21,30-31H,17-20H2,1-6H3;1H3,(H,2,3,4)/q+1;/p-1/t30-,31+;/m0./s1. The van der Waals surface area contributed by atoms with E-state index in [1.807, 2.05) is 60.7 Å². The summed E-state index contributed by atoms with van der Waals surface area (Å²) in [6.07, 6.45) is 0.469. The van der Waals surface area contributed by atoms with Gasteiger partial charge < -0.3 is 32.9 Å². The molecule has 13 heteroatoms. The lowest BCUT2D eigenvalue weighted by Gasteiger charge is -2.34. The van der Waals surface area contributed by atoms with E-state index in [-0.39, 0.29) is 5.91 Å². The lowest BCUT2D eigenvalue weighted by Crippen LogP contribution is -2.50. The summed E-state index contributed by atoms with van der Waals surface area (Å²) < 4.78 is 49.8. The third-order valence-electron chi connectivity index (χ3n) is 7.31. The highest BCUT2D eigenvalue weighted by Crippen LogP contribution is 2.47. The van der Waals surface area contributed by atoms with Crippen molar-refractivity contribution in [3.63, 3.8) is 0 Å². The maximum atomic E-state index is 14.2. The number of fused-ring (bicyclic) bond motifs is 1. The van der Waals surface area contributed by atoms with Gasteiger partial charge in [-0.3, -0.25) is 9.59 Å². The molecule has 1 aliphatic rings. The number of anilines is 1. The zero-order chi connectivity index (χ0) is 34.1. The van der Waals surface area contributed by atoms with Crippen LogP contribution in [0.4, 0.5) is 5.69 Å². The number of nitrogens with zero attached hydrogens (tertiary/aromatic N) is 2. The molecule has 3 aromatic carbocycles. The van der Waals surface area contributed by atoms with Gasteiger partial charge in [-0.1, -0.05) is 30.3 Å². The summed E-state index contributed by atoms with van der Waals surface area (Å²) in [4.78, 5) is 29.1. The van der Waals surface area contributed by atoms with Crippen molar-refractivity contribution < 1.29 is 46.0 Å². The molecule has 0 unspecified atom stereocenters. The Morgan fingerprint density at radius 1 is 0.935 bits per heavy atom. The van der Waals surface area contributed by atoms with Crippen LogP contribution in [0.15, 0.2) is 71.6 Å². The van der Waals surface area contributed by atoms with Gasteiger partial charge in [0.1, 0.15) is 5.75 Å². The zero-order valence-corrected chi connectivity index (χ0v) is 28.9. The molecule has 11 nitrogen and oxygen atoms in total. The molecular weight excluding hydrogens is 633 g/mol. The van der Waals surface area contributed by atoms with Gasteiger partial charge in [-0.25, -0.2) is 8.42 Å². The number of likely N-dealkylation sites (N-methyl/N-ethyl adjacent to an activating group) is 1. The SMILES string of the molecule is COc1ccc([C@H]2Sc3ccccc3N(CC[N+](C)(C)CCc3ccc(OC)c(OC)c3)C(=O)[C@H]2OC(C)=O)cc1.CS(=O)(=O)[O-]. The summed E-state index contributed by atoms with van der Waals surface area (Å²) in [6.45, 7) is 3.38. The van der Waals surface area contributed by atoms with Crippen LogP contribution in [-0.4, -0.2) is 96.7 Å². The molecule has 0 aromatic heterocycles. The average Bonchev–Trinajstić information content (AvgIpc) is 3.12. The number of hydrogen-bond acceptors (Lipinski definition) is 10. The second-order valence-corrected chi connectivity index (χ2v) is 13.9. The second-order valence-electron chi connectivity index (χ2n) is 11.3. The number of carbonyl (C=O) groups is 2. The maximum absolute atomic E-state index is 14.2. The van der Waals surface area contributed by atoms with Gasteiger partial charge in [0.25, 0.3) is 5.91 Å². The number of amides is 1. The van der Waals surface area contributed by atoms with Gasteiger partial charge in [0, 0.05) is 24.5 Å². The number of rotatable bonds is 11. The summed E-state index contributed by atoms with van der Waals surface area (Å²) in [5.41, 5.74) is 2.87. The van der Waals surface area contributed by atoms with Gasteiger partial charge >= 0.3 is 5.97 Å². The van der Waals surface area contributed by atoms with E-state index in [0.29, 0.717) is 35.3 Å². The van der Waals surface area contributed by atoms with Crippen molar-refractivity contribution in [2.75, 3.05) is 66.2 Å². The topological polar surface area (TPSA) is 132 Å². The fraction of sp³-hybridized carbons (Fsp3) is 0.394. The van der Waals surface area contributed by atoms with E-state index in [2.05, 4.69) is 20.2 Å². The molecule has 2 atom stereocenters. The zero-order valence-electron chi connectivity index (χ0n) is 27.2. The van der Waals surface area contributed by atoms with Crippen LogP contribution in [0, 0.1) is 0 Å². The Hall–Kier alpha value is -3.78. The number of thioether (sulfide) groups is 1. The van der Waals surface area contributed by atoms with Crippen LogP contribution in [0.25, 0.3) is 0 Å².